The number of nitrogens with two attached hydrogens (primary N) is 1. The number of hydrogen-bond acceptors (Lipinski definition) is 5. The lowest BCUT2D eigenvalue weighted by Crippen LogP contribution is -2.32. The Balaban J connectivity index is 2.45. The maximum absolute atomic E-state index is 12.6. The van der Waals surface area contributed by atoms with Crippen molar-refractivity contribution in [3.63, 3.8) is 0 Å². The molecule has 0 bridgehead atoms. The first kappa shape index (κ1) is 18.6. The molecular formula is C16H21ClN4O2S. The molecule has 24 heavy (non-hydrogen) atoms. The van der Waals surface area contributed by atoms with E-state index in [2.05, 4.69) is 14.7 Å². The number of halogens is 1. The fourth-order valence-electron chi connectivity index (χ4n) is 2.03. The number of sulfonamides is 1. The van der Waals surface area contributed by atoms with Crippen LogP contribution in [0.15, 0.2) is 29.3 Å². The highest BCUT2D eigenvalue weighted by Gasteiger charge is 2.22. The molecule has 0 unspecified atom stereocenters. The second-order valence-electron chi connectivity index (χ2n) is 6.76. The fourth-order valence-corrected chi connectivity index (χ4v) is 3.84. The van der Waals surface area contributed by atoms with Crippen molar-refractivity contribution in [1.82, 2.24) is 14.7 Å². The van der Waals surface area contributed by atoms with Crippen LogP contribution < -0.4 is 10.5 Å². The van der Waals surface area contributed by atoms with Crippen LogP contribution in [0.4, 0.5) is 5.95 Å². The number of nitrogen functional groups attached to an aromatic ring is 1. The third-order valence-electron chi connectivity index (χ3n) is 3.32. The average Bonchev–Trinajstić information content (AvgIpc) is 2.45. The summed E-state index contributed by atoms with van der Waals surface area (Å²) in [6, 6.07) is 4.81. The number of benzene rings is 1. The molecule has 0 spiro atoms. The van der Waals surface area contributed by atoms with Gasteiger partial charge in [-0.15, -0.1) is 0 Å². The number of rotatable bonds is 4. The fraction of sp³-hybridized carbons (Fsp3) is 0.375. The first-order valence-electron chi connectivity index (χ1n) is 7.38. The SMILES string of the molecule is Cc1nc(N)ncc1-c1ccc(Cl)c(S(=O)(=O)NCC(C)(C)C)c1. The second kappa shape index (κ2) is 6.66. The highest BCUT2D eigenvalue weighted by molar-refractivity contribution is 7.89. The molecule has 0 saturated heterocycles. The van der Waals surface area contributed by atoms with Crippen molar-refractivity contribution in [1.29, 1.82) is 0 Å². The van der Waals surface area contributed by atoms with Gasteiger partial charge in [-0.25, -0.2) is 23.1 Å². The Morgan fingerprint density at radius 1 is 1.29 bits per heavy atom. The highest BCUT2D eigenvalue weighted by atomic mass is 35.5. The van der Waals surface area contributed by atoms with E-state index < -0.39 is 10.0 Å². The van der Waals surface area contributed by atoms with Crippen LogP contribution in [0.3, 0.4) is 0 Å². The average molecular weight is 369 g/mol. The van der Waals surface area contributed by atoms with Crippen molar-refractivity contribution in [3.05, 3.63) is 35.1 Å². The summed E-state index contributed by atoms with van der Waals surface area (Å²) in [7, 11) is -3.72. The van der Waals surface area contributed by atoms with E-state index >= 15 is 0 Å². The van der Waals surface area contributed by atoms with Gasteiger partial charge < -0.3 is 5.73 Å². The number of aryl methyl sites for hydroxylation is 1. The van der Waals surface area contributed by atoms with Gasteiger partial charge in [-0.2, -0.15) is 0 Å². The molecule has 3 N–H and O–H groups in total. The Labute approximate surface area is 147 Å². The smallest absolute Gasteiger partial charge is 0.242 e. The standard InChI is InChI=1S/C16H21ClN4O2S/c1-10-12(8-19-15(18)21-10)11-5-6-13(17)14(7-11)24(22,23)20-9-16(2,3)4/h5-8,20H,9H2,1-4H3,(H2,18,19,21). The van der Waals surface area contributed by atoms with Gasteiger partial charge in [0.2, 0.25) is 16.0 Å². The van der Waals surface area contributed by atoms with E-state index in [0.29, 0.717) is 23.4 Å². The van der Waals surface area contributed by atoms with E-state index in [4.69, 9.17) is 17.3 Å². The van der Waals surface area contributed by atoms with Crippen LogP contribution in [0.5, 0.6) is 0 Å². The maximum Gasteiger partial charge on any atom is 0.242 e. The molecular weight excluding hydrogens is 348 g/mol. The molecule has 0 aliphatic carbocycles. The largest absolute Gasteiger partial charge is 0.368 e. The minimum atomic E-state index is -3.72. The van der Waals surface area contributed by atoms with Crippen LogP contribution in [0, 0.1) is 12.3 Å². The molecule has 0 fully saturated rings. The van der Waals surface area contributed by atoms with Crippen molar-refractivity contribution in [3.8, 4) is 11.1 Å². The molecule has 1 aromatic carbocycles. The van der Waals surface area contributed by atoms with Crippen LogP contribution in [-0.4, -0.2) is 24.9 Å². The molecule has 0 aliphatic rings. The van der Waals surface area contributed by atoms with E-state index in [1.807, 2.05) is 20.8 Å². The van der Waals surface area contributed by atoms with Gasteiger partial charge in [0.1, 0.15) is 4.90 Å². The van der Waals surface area contributed by atoms with E-state index in [1.165, 1.54) is 6.07 Å². The van der Waals surface area contributed by atoms with Crippen LogP contribution in [-0.2, 0) is 10.0 Å². The molecule has 0 atom stereocenters. The zero-order valence-corrected chi connectivity index (χ0v) is 15.7. The summed E-state index contributed by atoms with van der Waals surface area (Å²) in [6.45, 7) is 7.93. The van der Waals surface area contributed by atoms with Gasteiger partial charge in [-0.3, -0.25) is 0 Å². The minimum Gasteiger partial charge on any atom is -0.368 e. The van der Waals surface area contributed by atoms with Crippen LogP contribution in [0.1, 0.15) is 26.5 Å². The van der Waals surface area contributed by atoms with Crippen LogP contribution in [0.25, 0.3) is 11.1 Å². The molecule has 2 rings (SSSR count). The van der Waals surface area contributed by atoms with Gasteiger partial charge in [-0.1, -0.05) is 38.4 Å². The lowest BCUT2D eigenvalue weighted by molar-refractivity contribution is 0.407. The van der Waals surface area contributed by atoms with E-state index in [0.717, 1.165) is 0 Å². The molecule has 2 aromatic rings. The Morgan fingerprint density at radius 2 is 1.96 bits per heavy atom. The molecule has 1 heterocycles. The lowest BCUT2D eigenvalue weighted by atomic mass is 9.98. The Morgan fingerprint density at radius 3 is 2.54 bits per heavy atom. The Kier molecular flexibility index (Phi) is 5.17. The number of anilines is 1. The van der Waals surface area contributed by atoms with Crippen molar-refractivity contribution in [2.24, 2.45) is 5.41 Å². The summed E-state index contributed by atoms with van der Waals surface area (Å²) in [5, 5.41) is 0.161. The van der Waals surface area contributed by atoms with Gasteiger partial charge in [0.25, 0.3) is 0 Å². The molecule has 0 aliphatic heterocycles. The van der Waals surface area contributed by atoms with Crippen LogP contribution in [0.2, 0.25) is 5.02 Å². The van der Waals surface area contributed by atoms with Crippen molar-refractivity contribution in [2.45, 2.75) is 32.6 Å². The summed E-state index contributed by atoms with van der Waals surface area (Å²) >= 11 is 6.11. The summed E-state index contributed by atoms with van der Waals surface area (Å²) in [6.07, 6.45) is 1.57. The van der Waals surface area contributed by atoms with Crippen LogP contribution >= 0.6 is 11.6 Å². The summed E-state index contributed by atoms with van der Waals surface area (Å²) in [5.41, 5.74) is 7.40. The van der Waals surface area contributed by atoms with Gasteiger partial charge in [-0.05, 0) is 30.0 Å². The monoisotopic (exact) mass is 368 g/mol. The predicted octanol–water partition coefficient (Wildman–Crippen LogP) is 3.01. The number of nitrogens with one attached hydrogen (secondary N) is 1. The summed E-state index contributed by atoms with van der Waals surface area (Å²) in [5.74, 6) is 0.171. The van der Waals surface area contributed by atoms with Crippen molar-refractivity contribution >= 4 is 27.6 Å². The molecule has 6 nitrogen and oxygen atoms in total. The lowest BCUT2D eigenvalue weighted by Gasteiger charge is -2.19. The maximum atomic E-state index is 12.6. The predicted molar refractivity (Wildman–Crippen MR) is 96.3 cm³/mol. The third-order valence-corrected chi connectivity index (χ3v) is 5.21. The number of hydrogen-bond donors (Lipinski definition) is 2. The first-order chi connectivity index (χ1) is 11.0. The summed E-state index contributed by atoms with van der Waals surface area (Å²) in [4.78, 5) is 8.10. The number of nitrogens with zero attached hydrogens (tertiary/aromatic N) is 2. The minimum absolute atomic E-state index is 0.0298. The van der Waals surface area contributed by atoms with Gasteiger partial charge >= 0.3 is 0 Å². The molecule has 130 valence electrons. The molecule has 1 aromatic heterocycles. The third kappa shape index (κ3) is 4.43. The van der Waals surface area contributed by atoms with Gasteiger partial charge in [0.15, 0.2) is 0 Å². The molecule has 0 amide bonds. The van der Waals surface area contributed by atoms with Gasteiger partial charge in [0.05, 0.1) is 10.7 Å². The zero-order chi connectivity index (χ0) is 18.1. The Hall–Kier alpha value is -1.70. The van der Waals surface area contributed by atoms with E-state index in [-0.39, 0.29) is 21.3 Å². The topological polar surface area (TPSA) is 98.0 Å². The first-order valence-corrected chi connectivity index (χ1v) is 9.24. The summed E-state index contributed by atoms with van der Waals surface area (Å²) < 4.78 is 27.7. The Bertz CT molecular complexity index is 861. The normalized spacial score (nSPS) is 12.4. The van der Waals surface area contributed by atoms with Crippen molar-refractivity contribution < 1.29 is 8.42 Å². The quantitative estimate of drug-likeness (QED) is 0.864. The molecule has 0 radical (unpaired) electrons. The second-order valence-corrected chi connectivity index (χ2v) is 8.90. The molecule has 8 heteroatoms. The van der Waals surface area contributed by atoms with Gasteiger partial charge in [0, 0.05) is 18.3 Å². The molecule has 0 saturated carbocycles. The zero-order valence-electron chi connectivity index (χ0n) is 14.1. The number of aromatic nitrogens is 2. The van der Waals surface area contributed by atoms with Crippen molar-refractivity contribution in [2.75, 3.05) is 12.3 Å². The van der Waals surface area contributed by atoms with E-state index in [9.17, 15) is 8.42 Å². The van der Waals surface area contributed by atoms with E-state index in [1.54, 1.807) is 25.3 Å². The highest BCUT2D eigenvalue weighted by Crippen LogP contribution is 2.29.